The van der Waals surface area contributed by atoms with Crippen LogP contribution in [0.1, 0.15) is 29.0 Å². The Balaban J connectivity index is 1.56. The van der Waals surface area contributed by atoms with Crippen LogP contribution < -0.4 is 18.9 Å². The molecule has 160 valence electrons. The number of benzene rings is 2. The van der Waals surface area contributed by atoms with Crippen molar-refractivity contribution in [3.8, 4) is 23.0 Å². The van der Waals surface area contributed by atoms with Gasteiger partial charge >= 0.3 is 18.4 Å². The lowest BCUT2D eigenvalue weighted by Gasteiger charge is -2.13. The normalized spacial score (nSPS) is 18.6. The van der Waals surface area contributed by atoms with E-state index in [0.29, 0.717) is 23.4 Å². The lowest BCUT2D eigenvalue weighted by Crippen LogP contribution is -2.26. The summed E-state index contributed by atoms with van der Waals surface area (Å²) in [6, 6.07) is 5.62. The molecule has 0 saturated heterocycles. The summed E-state index contributed by atoms with van der Waals surface area (Å²) in [7, 11) is 0. The van der Waals surface area contributed by atoms with Crippen LogP contribution in [-0.2, 0) is 17.6 Å². The van der Waals surface area contributed by atoms with Gasteiger partial charge in [0.15, 0.2) is 11.5 Å². The first kappa shape index (κ1) is 20.0. The van der Waals surface area contributed by atoms with Crippen molar-refractivity contribution in [3.63, 3.8) is 0 Å². The summed E-state index contributed by atoms with van der Waals surface area (Å²) >= 11 is 0. The molecule has 11 heteroatoms. The van der Waals surface area contributed by atoms with Crippen LogP contribution in [0.4, 0.5) is 22.0 Å². The largest absolute Gasteiger partial charge is 0.586 e. The average Bonchev–Trinajstić information content (AvgIpc) is 3.17. The molecule has 2 aromatic carbocycles. The third kappa shape index (κ3) is 3.91. The molecular formula is C19H13F5O6. The van der Waals surface area contributed by atoms with Crippen molar-refractivity contribution in [2.75, 3.05) is 6.61 Å². The molecule has 0 aliphatic carbocycles. The predicted molar refractivity (Wildman–Crippen MR) is 88.9 cm³/mol. The number of carbonyl (C=O) groups is 1. The highest BCUT2D eigenvalue weighted by Crippen LogP contribution is 2.47. The Morgan fingerprint density at radius 1 is 1.17 bits per heavy atom. The van der Waals surface area contributed by atoms with Crippen molar-refractivity contribution in [1.29, 1.82) is 0 Å². The van der Waals surface area contributed by atoms with Gasteiger partial charge in [-0.3, -0.25) is 4.79 Å². The van der Waals surface area contributed by atoms with Gasteiger partial charge in [0.2, 0.25) is 0 Å². The zero-order chi connectivity index (χ0) is 21.7. The minimum atomic E-state index is -4.79. The highest BCUT2D eigenvalue weighted by Gasteiger charge is 2.46. The predicted octanol–water partition coefficient (Wildman–Crippen LogP) is 4.56. The molecule has 0 amide bonds. The summed E-state index contributed by atoms with van der Waals surface area (Å²) in [5.74, 6) is -1.99. The SMILES string of the molecule is O=C(O)C[C@@H]1COc2cc(OCc3cc(C(F)(F)F)cc4c3OC(F)(F)O4)ccc21. The van der Waals surface area contributed by atoms with E-state index in [4.69, 9.17) is 14.6 Å². The van der Waals surface area contributed by atoms with E-state index in [0.717, 1.165) is 0 Å². The number of aliphatic carboxylic acids is 1. The Morgan fingerprint density at radius 3 is 2.63 bits per heavy atom. The number of alkyl halides is 5. The molecule has 0 unspecified atom stereocenters. The Bertz CT molecular complexity index is 1000. The molecule has 0 radical (unpaired) electrons. The summed E-state index contributed by atoms with van der Waals surface area (Å²) in [5.41, 5.74) is -0.793. The number of hydrogen-bond acceptors (Lipinski definition) is 5. The minimum absolute atomic E-state index is 0.116. The first-order valence-corrected chi connectivity index (χ1v) is 8.63. The zero-order valence-corrected chi connectivity index (χ0v) is 15.0. The maximum Gasteiger partial charge on any atom is 0.586 e. The van der Waals surface area contributed by atoms with Crippen molar-refractivity contribution in [2.45, 2.75) is 31.4 Å². The first-order valence-electron chi connectivity index (χ1n) is 8.63. The van der Waals surface area contributed by atoms with Crippen LogP contribution in [0.2, 0.25) is 0 Å². The fourth-order valence-electron chi connectivity index (χ4n) is 3.28. The zero-order valence-electron chi connectivity index (χ0n) is 15.0. The van der Waals surface area contributed by atoms with Gasteiger partial charge in [0.05, 0.1) is 18.6 Å². The van der Waals surface area contributed by atoms with Gasteiger partial charge in [0.1, 0.15) is 18.1 Å². The molecule has 2 heterocycles. The summed E-state index contributed by atoms with van der Waals surface area (Å²) in [5, 5.41) is 8.92. The fraction of sp³-hybridized carbons (Fsp3) is 0.316. The molecule has 1 atom stereocenters. The van der Waals surface area contributed by atoms with Crippen molar-refractivity contribution >= 4 is 5.97 Å². The smallest absolute Gasteiger partial charge is 0.492 e. The van der Waals surface area contributed by atoms with Gasteiger partial charge in [-0.15, -0.1) is 8.78 Å². The molecular weight excluding hydrogens is 419 g/mol. The molecule has 1 N–H and O–H groups in total. The molecule has 2 aliphatic heterocycles. The molecule has 2 aromatic rings. The van der Waals surface area contributed by atoms with Gasteiger partial charge < -0.3 is 24.1 Å². The Labute approximate surface area is 165 Å². The molecule has 30 heavy (non-hydrogen) atoms. The maximum atomic E-state index is 13.4. The van der Waals surface area contributed by atoms with Gasteiger partial charge in [-0.05, 0) is 18.2 Å². The van der Waals surface area contributed by atoms with Gasteiger partial charge in [-0.1, -0.05) is 6.07 Å². The topological polar surface area (TPSA) is 74.2 Å². The van der Waals surface area contributed by atoms with Crippen LogP contribution in [0.5, 0.6) is 23.0 Å². The number of fused-ring (bicyclic) bond motifs is 2. The Morgan fingerprint density at radius 2 is 1.93 bits per heavy atom. The molecule has 0 fully saturated rings. The van der Waals surface area contributed by atoms with E-state index in [9.17, 15) is 26.7 Å². The van der Waals surface area contributed by atoms with Gasteiger partial charge in [-0.25, -0.2) is 0 Å². The van der Waals surface area contributed by atoms with Gasteiger partial charge in [0, 0.05) is 23.1 Å². The van der Waals surface area contributed by atoms with Crippen molar-refractivity contribution < 1.29 is 50.8 Å². The minimum Gasteiger partial charge on any atom is -0.492 e. The van der Waals surface area contributed by atoms with Crippen molar-refractivity contribution in [1.82, 2.24) is 0 Å². The quantitative estimate of drug-likeness (QED) is 0.699. The second-order valence-corrected chi connectivity index (χ2v) is 6.72. The van der Waals surface area contributed by atoms with E-state index in [1.165, 1.54) is 12.1 Å². The van der Waals surface area contributed by atoms with Crippen LogP contribution in [0.15, 0.2) is 30.3 Å². The fourth-order valence-corrected chi connectivity index (χ4v) is 3.28. The summed E-state index contributed by atoms with van der Waals surface area (Å²) in [6.07, 6.45) is -8.98. The number of ether oxygens (including phenoxy) is 4. The summed E-state index contributed by atoms with van der Waals surface area (Å²) in [4.78, 5) is 10.9. The van der Waals surface area contributed by atoms with Crippen LogP contribution in [0.3, 0.4) is 0 Å². The van der Waals surface area contributed by atoms with Crippen LogP contribution in [0, 0.1) is 0 Å². The Hall–Kier alpha value is -3.24. The number of halogens is 5. The van der Waals surface area contributed by atoms with E-state index >= 15 is 0 Å². The van der Waals surface area contributed by atoms with Crippen molar-refractivity contribution in [3.05, 3.63) is 47.0 Å². The van der Waals surface area contributed by atoms with E-state index in [-0.39, 0.29) is 30.3 Å². The average molecular weight is 432 g/mol. The molecule has 2 aliphatic rings. The molecule has 0 spiro atoms. The summed E-state index contributed by atoms with van der Waals surface area (Å²) in [6.45, 7) is -0.338. The van der Waals surface area contributed by atoms with E-state index in [1.54, 1.807) is 6.07 Å². The van der Waals surface area contributed by atoms with Crippen LogP contribution in [-0.4, -0.2) is 24.0 Å². The number of carboxylic acid groups (broad SMARTS) is 1. The van der Waals surface area contributed by atoms with Crippen molar-refractivity contribution in [2.24, 2.45) is 0 Å². The number of rotatable bonds is 5. The Kier molecular flexibility index (Phi) is 4.63. The van der Waals surface area contributed by atoms with E-state index in [2.05, 4.69) is 9.47 Å². The molecule has 0 aromatic heterocycles. The first-order chi connectivity index (χ1) is 14.0. The highest BCUT2D eigenvalue weighted by atomic mass is 19.4. The molecule has 0 bridgehead atoms. The van der Waals surface area contributed by atoms with Gasteiger partial charge in [0.25, 0.3) is 0 Å². The monoisotopic (exact) mass is 432 g/mol. The standard InChI is InChI=1S/C19H13F5O6/c20-18(21,22)11-3-10(17-15(5-11)29-19(23,24)30-17)8-27-12-1-2-13-9(4-16(25)26)7-28-14(13)6-12/h1-3,5-6,9H,4,7-8H2,(H,25,26)/t9-/m1/s1. The number of hydrogen-bond donors (Lipinski definition) is 1. The number of carboxylic acids is 1. The molecule has 0 saturated carbocycles. The lowest BCUT2D eigenvalue weighted by atomic mass is 9.98. The molecule has 4 rings (SSSR count). The molecule has 6 nitrogen and oxygen atoms in total. The highest BCUT2D eigenvalue weighted by molar-refractivity contribution is 5.68. The van der Waals surface area contributed by atoms with E-state index < -0.39 is 42.1 Å². The van der Waals surface area contributed by atoms with Gasteiger partial charge in [-0.2, -0.15) is 13.2 Å². The third-order valence-corrected chi connectivity index (χ3v) is 4.59. The van der Waals surface area contributed by atoms with E-state index in [1.807, 2.05) is 0 Å². The van der Waals surface area contributed by atoms with Crippen LogP contribution >= 0.6 is 0 Å². The maximum absolute atomic E-state index is 13.4. The second kappa shape index (κ2) is 6.92. The summed E-state index contributed by atoms with van der Waals surface area (Å²) < 4.78 is 85.3. The van der Waals surface area contributed by atoms with Crippen LogP contribution in [0.25, 0.3) is 0 Å². The third-order valence-electron chi connectivity index (χ3n) is 4.59. The second-order valence-electron chi connectivity index (χ2n) is 6.72. The lowest BCUT2D eigenvalue weighted by molar-refractivity contribution is -0.287.